The van der Waals surface area contributed by atoms with E-state index in [0.717, 1.165) is 0 Å². The zero-order valence-electron chi connectivity index (χ0n) is 14.5. The molecular weight excluding hydrogens is 370 g/mol. The van der Waals surface area contributed by atoms with Gasteiger partial charge in [0.1, 0.15) is 11.9 Å². The SMILES string of the molecule is Fc1ccc(-n2ncc3cc(C(Nc4ccccc4)C(F)(F)F)ccc32)cc1. The van der Waals surface area contributed by atoms with E-state index in [1.54, 1.807) is 53.2 Å². The fraction of sp³-hybridized carbons (Fsp3) is 0.0952. The van der Waals surface area contributed by atoms with Crippen molar-refractivity contribution in [2.45, 2.75) is 12.2 Å². The highest BCUT2D eigenvalue weighted by atomic mass is 19.4. The van der Waals surface area contributed by atoms with Crippen molar-refractivity contribution in [2.75, 3.05) is 5.32 Å². The van der Waals surface area contributed by atoms with Crippen LogP contribution in [0.25, 0.3) is 16.6 Å². The largest absolute Gasteiger partial charge is 0.412 e. The highest BCUT2D eigenvalue weighted by molar-refractivity contribution is 5.81. The van der Waals surface area contributed by atoms with E-state index in [4.69, 9.17) is 0 Å². The Morgan fingerprint density at radius 1 is 0.893 bits per heavy atom. The highest BCUT2D eigenvalue weighted by Crippen LogP contribution is 2.36. The van der Waals surface area contributed by atoms with Gasteiger partial charge in [0.2, 0.25) is 0 Å². The number of para-hydroxylation sites is 1. The Kier molecular flexibility index (Phi) is 4.50. The van der Waals surface area contributed by atoms with E-state index in [-0.39, 0.29) is 11.4 Å². The summed E-state index contributed by atoms with van der Waals surface area (Å²) in [4.78, 5) is 0. The minimum Gasteiger partial charge on any atom is -0.370 e. The Labute approximate surface area is 158 Å². The molecule has 0 amide bonds. The Morgan fingerprint density at radius 3 is 2.29 bits per heavy atom. The maximum Gasteiger partial charge on any atom is 0.412 e. The monoisotopic (exact) mass is 385 g/mol. The van der Waals surface area contributed by atoms with Gasteiger partial charge in [0, 0.05) is 11.1 Å². The predicted molar refractivity (Wildman–Crippen MR) is 99.9 cm³/mol. The van der Waals surface area contributed by atoms with E-state index >= 15 is 0 Å². The molecule has 0 saturated heterocycles. The summed E-state index contributed by atoms with van der Waals surface area (Å²) in [5.41, 5.74) is 1.73. The Hall–Kier alpha value is -3.35. The average molecular weight is 385 g/mol. The zero-order valence-corrected chi connectivity index (χ0v) is 14.5. The van der Waals surface area contributed by atoms with Gasteiger partial charge in [0.05, 0.1) is 17.4 Å². The molecule has 4 aromatic rings. The van der Waals surface area contributed by atoms with Crippen LogP contribution in [-0.2, 0) is 0 Å². The van der Waals surface area contributed by atoms with Crippen LogP contribution >= 0.6 is 0 Å². The Bertz CT molecular complexity index is 1090. The molecule has 3 aromatic carbocycles. The van der Waals surface area contributed by atoms with Crippen LogP contribution in [0.3, 0.4) is 0 Å². The third kappa shape index (κ3) is 3.55. The normalized spacial score (nSPS) is 12.9. The van der Waals surface area contributed by atoms with E-state index in [1.807, 2.05) is 0 Å². The van der Waals surface area contributed by atoms with Crippen LogP contribution in [0.15, 0.2) is 79.0 Å². The summed E-state index contributed by atoms with van der Waals surface area (Å²) in [5.74, 6) is -0.373. The second-order valence-electron chi connectivity index (χ2n) is 6.34. The standard InChI is InChI=1S/C21H15F4N3/c22-16-7-9-18(10-8-16)28-19-11-6-14(12-15(19)13-26-28)20(21(23,24)25)27-17-4-2-1-3-5-17/h1-13,20,27H. The molecule has 0 spiro atoms. The number of aromatic nitrogens is 2. The molecular formula is C21H15F4N3. The summed E-state index contributed by atoms with van der Waals surface area (Å²) < 4.78 is 55.7. The number of halogens is 4. The molecule has 7 heteroatoms. The lowest BCUT2D eigenvalue weighted by atomic mass is 10.0. The van der Waals surface area contributed by atoms with Crippen molar-refractivity contribution in [1.82, 2.24) is 9.78 Å². The van der Waals surface area contributed by atoms with Crippen LogP contribution in [0.5, 0.6) is 0 Å². The maximum atomic E-state index is 13.7. The number of hydrogen-bond acceptors (Lipinski definition) is 2. The second-order valence-corrected chi connectivity index (χ2v) is 6.34. The van der Waals surface area contributed by atoms with Crippen LogP contribution in [0.4, 0.5) is 23.2 Å². The van der Waals surface area contributed by atoms with Crippen molar-refractivity contribution < 1.29 is 17.6 Å². The average Bonchev–Trinajstić information content (AvgIpc) is 3.10. The highest BCUT2D eigenvalue weighted by Gasteiger charge is 2.41. The predicted octanol–water partition coefficient (Wildman–Crippen LogP) is 5.88. The fourth-order valence-electron chi connectivity index (χ4n) is 3.07. The van der Waals surface area contributed by atoms with E-state index < -0.39 is 12.2 Å². The van der Waals surface area contributed by atoms with Crippen molar-refractivity contribution in [1.29, 1.82) is 0 Å². The first-order chi connectivity index (χ1) is 13.4. The van der Waals surface area contributed by atoms with Crippen molar-refractivity contribution in [3.63, 3.8) is 0 Å². The van der Waals surface area contributed by atoms with Gasteiger partial charge in [-0.2, -0.15) is 18.3 Å². The summed E-state index contributed by atoms with van der Waals surface area (Å²) in [6.45, 7) is 0. The van der Waals surface area contributed by atoms with Gasteiger partial charge in [-0.25, -0.2) is 9.07 Å². The molecule has 3 nitrogen and oxygen atoms in total. The lowest BCUT2D eigenvalue weighted by Crippen LogP contribution is -2.27. The molecule has 1 unspecified atom stereocenters. The summed E-state index contributed by atoms with van der Waals surface area (Å²) >= 11 is 0. The number of anilines is 1. The number of rotatable bonds is 4. The third-order valence-electron chi connectivity index (χ3n) is 4.41. The van der Waals surface area contributed by atoms with Crippen molar-refractivity contribution in [2.24, 2.45) is 0 Å². The molecule has 0 radical (unpaired) electrons. The molecule has 0 bridgehead atoms. The van der Waals surface area contributed by atoms with Crippen LogP contribution in [0, 0.1) is 5.82 Å². The molecule has 142 valence electrons. The zero-order chi connectivity index (χ0) is 19.7. The lowest BCUT2D eigenvalue weighted by molar-refractivity contribution is -0.143. The molecule has 4 rings (SSSR count). The molecule has 0 aliphatic heterocycles. The molecule has 0 fully saturated rings. The number of fused-ring (bicyclic) bond motifs is 1. The van der Waals surface area contributed by atoms with Crippen LogP contribution in [-0.4, -0.2) is 16.0 Å². The Morgan fingerprint density at radius 2 is 1.61 bits per heavy atom. The first-order valence-electron chi connectivity index (χ1n) is 8.54. The number of alkyl halides is 3. The van der Waals surface area contributed by atoms with Gasteiger partial charge in [0.15, 0.2) is 0 Å². The number of nitrogens with one attached hydrogen (secondary N) is 1. The number of hydrogen-bond donors (Lipinski definition) is 1. The minimum atomic E-state index is -4.48. The quantitative estimate of drug-likeness (QED) is 0.445. The van der Waals surface area contributed by atoms with E-state index in [0.29, 0.717) is 22.3 Å². The van der Waals surface area contributed by atoms with Gasteiger partial charge in [-0.05, 0) is 54.1 Å². The molecule has 1 N–H and O–H groups in total. The van der Waals surface area contributed by atoms with Crippen molar-refractivity contribution in [3.8, 4) is 5.69 Å². The molecule has 0 aliphatic carbocycles. The third-order valence-corrected chi connectivity index (χ3v) is 4.41. The molecule has 0 aliphatic rings. The molecule has 1 atom stereocenters. The van der Waals surface area contributed by atoms with E-state index in [1.165, 1.54) is 30.5 Å². The first kappa shape index (κ1) is 18.0. The number of benzene rings is 3. The molecule has 28 heavy (non-hydrogen) atoms. The van der Waals surface area contributed by atoms with Gasteiger partial charge >= 0.3 is 6.18 Å². The molecule has 0 saturated carbocycles. The number of nitrogens with zero attached hydrogens (tertiary/aromatic N) is 2. The van der Waals surface area contributed by atoms with Crippen molar-refractivity contribution in [3.05, 3.63) is 90.4 Å². The van der Waals surface area contributed by atoms with Crippen LogP contribution in [0.1, 0.15) is 11.6 Å². The summed E-state index contributed by atoms with van der Waals surface area (Å²) in [6.07, 6.45) is -2.98. The van der Waals surface area contributed by atoms with E-state index in [9.17, 15) is 17.6 Å². The fourth-order valence-corrected chi connectivity index (χ4v) is 3.07. The van der Waals surface area contributed by atoms with Gasteiger partial charge in [0.25, 0.3) is 0 Å². The van der Waals surface area contributed by atoms with Gasteiger partial charge < -0.3 is 5.32 Å². The minimum absolute atomic E-state index is 0.0857. The molecule has 1 heterocycles. The van der Waals surface area contributed by atoms with Gasteiger partial charge in [-0.3, -0.25) is 0 Å². The smallest absolute Gasteiger partial charge is 0.370 e. The lowest BCUT2D eigenvalue weighted by Gasteiger charge is -2.23. The summed E-state index contributed by atoms with van der Waals surface area (Å²) in [5, 5.41) is 7.35. The van der Waals surface area contributed by atoms with Crippen LogP contribution in [0.2, 0.25) is 0 Å². The Balaban J connectivity index is 1.72. The maximum absolute atomic E-state index is 13.7. The van der Waals surface area contributed by atoms with Gasteiger partial charge in [-0.1, -0.05) is 24.3 Å². The molecule has 1 aromatic heterocycles. The van der Waals surface area contributed by atoms with Crippen LogP contribution < -0.4 is 5.32 Å². The van der Waals surface area contributed by atoms with Crippen molar-refractivity contribution >= 4 is 16.6 Å². The van der Waals surface area contributed by atoms with Gasteiger partial charge in [-0.15, -0.1) is 0 Å². The second kappa shape index (κ2) is 6.99. The summed E-state index contributed by atoms with van der Waals surface area (Å²) in [6, 6.07) is 16.6. The first-order valence-corrected chi connectivity index (χ1v) is 8.54. The topological polar surface area (TPSA) is 29.9 Å². The van der Waals surface area contributed by atoms with E-state index in [2.05, 4.69) is 10.4 Å². The summed E-state index contributed by atoms with van der Waals surface area (Å²) in [7, 11) is 0.